The summed E-state index contributed by atoms with van der Waals surface area (Å²) in [7, 11) is 3.09. The zero-order valence-electron chi connectivity index (χ0n) is 19.6. The number of aliphatic hydroxyl groups excluding tert-OH is 1. The molecular formula is C25H33FN2O5. The van der Waals surface area contributed by atoms with Crippen LogP contribution in [0.2, 0.25) is 0 Å². The molecule has 0 radical (unpaired) electrons. The van der Waals surface area contributed by atoms with Crippen LogP contribution in [-0.2, 0) is 6.54 Å². The summed E-state index contributed by atoms with van der Waals surface area (Å²) < 4.78 is 30.5. The van der Waals surface area contributed by atoms with Crippen LogP contribution in [0.5, 0.6) is 17.2 Å². The van der Waals surface area contributed by atoms with Gasteiger partial charge in [-0.1, -0.05) is 19.8 Å². The highest BCUT2D eigenvalue weighted by Gasteiger charge is 2.33. The molecule has 0 bridgehead atoms. The molecule has 2 aromatic carbocycles. The first-order valence-electron chi connectivity index (χ1n) is 11.3. The third-order valence-electron chi connectivity index (χ3n) is 5.75. The second-order valence-corrected chi connectivity index (χ2v) is 8.17. The standard InChI is InChI=1S/C25H33FN2O5/c1-4-5-6-11-33-24-13-21(8-10-23(24)32-3)28-15-18(17-29)14-27(25(28)30)16-19-12-20(26)7-9-22(19)31-2/h7-10,12-13,18,29H,4-6,11,14-17H2,1-3H3/t18-/m0/s1. The molecule has 1 aliphatic rings. The Morgan fingerprint density at radius 1 is 1.03 bits per heavy atom. The van der Waals surface area contributed by atoms with Crippen LogP contribution in [0.15, 0.2) is 36.4 Å². The highest BCUT2D eigenvalue weighted by Crippen LogP contribution is 2.34. The van der Waals surface area contributed by atoms with Crippen molar-refractivity contribution in [1.82, 2.24) is 4.90 Å². The summed E-state index contributed by atoms with van der Waals surface area (Å²) in [6, 6.07) is 9.39. The zero-order valence-corrected chi connectivity index (χ0v) is 19.6. The molecule has 0 aromatic heterocycles. The molecule has 0 aliphatic carbocycles. The zero-order chi connectivity index (χ0) is 23.8. The average molecular weight is 461 g/mol. The van der Waals surface area contributed by atoms with E-state index in [1.807, 2.05) is 0 Å². The summed E-state index contributed by atoms with van der Waals surface area (Å²) in [6.45, 7) is 3.52. The van der Waals surface area contributed by atoms with E-state index in [4.69, 9.17) is 14.2 Å². The lowest BCUT2D eigenvalue weighted by molar-refractivity contribution is 0.143. The molecule has 3 rings (SSSR count). The number of carbonyl (C=O) groups excluding carboxylic acids is 1. The Hall–Kier alpha value is -3.00. The molecule has 33 heavy (non-hydrogen) atoms. The van der Waals surface area contributed by atoms with Crippen LogP contribution in [0.3, 0.4) is 0 Å². The number of methoxy groups -OCH3 is 2. The fraction of sp³-hybridized carbons (Fsp3) is 0.480. The van der Waals surface area contributed by atoms with Gasteiger partial charge in [-0.05, 0) is 36.8 Å². The molecule has 8 heteroatoms. The molecule has 2 aromatic rings. The number of hydrogen-bond acceptors (Lipinski definition) is 5. The quantitative estimate of drug-likeness (QED) is 0.501. The molecule has 180 valence electrons. The number of rotatable bonds is 11. The Morgan fingerprint density at radius 2 is 1.79 bits per heavy atom. The van der Waals surface area contributed by atoms with Crippen LogP contribution in [-0.4, -0.2) is 56.6 Å². The molecule has 0 unspecified atom stereocenters. The number of unbranched alkanes of at least 4 members (excludes halogenated alkanes) is 2. The van der Waals surface area contributed by atoms with E-state index in [-0.39, 0.29) is 25.1 Å². The maximum absolute atomic E-state index is 13.9. The molecule has 1 atom stereocenters. The third kappa shape index (κ3) is 6.07. The second kappa shape index (κ2) is 11.7. The number of benzene rings is 2. The number of nitrogens with zero attached hydrogens (tertiary/aromatic N) is 2. The van der Waals surface area contributed by atoms with Crippen LogP contribution in [0.25, 0.3) is 0 Å². The maximum atomic E-state index is 13.9. The van der Waals surface area contributed by atoms with Gasteiger partial charge in [-0.2, -0.15) is 0 Å². The fourth-order valence-corrected chi connectivity index (χ4v) is 3.97. The van der Waals surface area contributed by atoms with Crippen molar-refractivity contribution in [1.29, 1.82) is 0 Å². The predicted molar refractivity (Wildman–Crippen MR) is 125 cm³/mol. The van der Waals surface area contributed by atoms with Crippen molar-refractivity contribution in [3.8, 4) is 17.2 Å². The van der Waals surface area contributed by atoms with Crippen LogP contribution in [0, 0.1) is 11.7 Å². The Bertz CT molecular complexity index is 939. The van der Waals surface area contributed by atoms with E-state index < -0.39 is 5.82 Å². The number of amides is 2. The lowest BCUT2D eigenvalue weighted by Gasteiger charge is -2.40. The van der Waals surface area contributed by atoms with Crippen LogP contribution >= 0.6 is 0 Å². The minimum atomic E-state index is -0.397. The van der Waals surface area contributed by atoms with Gasteiger partial charge in [0.15, 0.2) is 11.5 Å². The van der Waals surface area contributed by atoms with Gasteiger partial charge in [0.05, 0.1) is 27.4 Å². The molecule has 7 nitrogen and oxygen atoms in total. The fourth-order valence-electron chi connectivity index (χ4n) is 3.97. The number of aliphatic hydroxyl groups is 1. The van der Waals surface area contributed by atoms with E-state index in [0.29, 0.717) is 48.2 Å². The van der Waals surface area contributed by atoms with Gasteiger partial charge < -0.3 is 24.2 Å². The Kier molecular flexibility index (Phi) is 8.77. The molecule has 0 spiro atoms. The SMILES string of the molecule is CCCCCOc1cc(N2C[C@@H](CO)CN(Cc3cc(F)ccc3OC)C2=O)ccc1OC. The summed E-state index contributed by atoms with van der Waals surface area (Å²) >= 11 is 0. The van der Waals surface area contributed by atoms with Gasteiger partial charge in [0.2, 0.25) is 0 Å². The maximum Gasteiger partial charge on any atom is 0.324 e. The number of urea groups is 1. The van der Waals surface area contributed by atoms with Gasteiger partial charge in [0.1, 0.15) is 11.6 Å². The van der Waals surface area contributed by atoms with Gasteiger partial charge >= 0.3 is 6.03 Å². The molecule has 1 fully saturated rings. The van der Waals surface area contributed by atoms with Gasteiger partial charge in [-0.15, -0.1) is 0 Å². The van der Waals surface area contributed by atoms with E-state index in [0.717, 1.165) is 19.3 Å². The summed E-state index contributed by atoms with van der Waals surface area (Å²) in [5.41, 5.74) is 1.22. The lowest BCUT2D eigenvalue weighted by atomic mass is 10.0. The van der Waals surface area contributed by atoms with Gasteiger partial charge in [0, 0.05) is 42.9 Å². The summed E-state index contributed by atoms with van der Waals surface area (Å²) in [6.07, 6.45) is 3.10. The van der Waals surface area contributed by atoms with Gasteiger partial charge in [-0.25, -0.2) is 9.18 Å². The minimum Gasteiger partial charge on any atom is -0.496 e. The van der Waals surface area contributed by atoms with E-state index >= 15 is 0 Å². The Balaban J connectivity index is 1.85. The van der Waals surface area contributed by atoms with E-state index in [1.165, 1.54) is 19.2 Å². The first kappa shape index (κ1) is 24.6. The first-order valence-corrected chi connectivity index (χ1v) is 11.3. The van der Waals surface area contributed by atoms with Crippen molar-refractivity contribution in [2.75, 3.05) is 45.4 Å². The highest BCUT2D eigenvalue weighted by atomic mass is 19.1. The monoisotopic (exact) mass is 460 g/mol. The summed E-state index contributed by atoms with van der Waals surface area (Å²) in [5.74, 6) is 1.13. The number of halogens is 1. The number of hydrogen-bond donors (Lipinski definition) is 1. The van der Waals surface area contributed by atoms with Crippen molar-refractivity contribution in [2.45, 2.75) is 32.7 Å². The van der Waals surface area contributed by atoms with Crippen molar-refractivity contribution < 1.29 is 28.5 Å². The van der Waals surface area contributed by atoms with Gasteiger partial charge in [-0.3, -0.25) is 4.90 Å². The van der Waals surface area contributed by atoms with E-state index in [2.05, 4.69) is 6.92 Å². The average Bonchev–Trinajstić information content (AvgIpc) is 2.83. The summed E-state index contributed by atoms with van der Waals surface area (Å²) in [5, 5.41) is 9.88. The smallest absolute Gasteiger partial charge is 0.324 e. The molecule has 2 amide bonds. The van der Waals surface area contributed by atoms with Crippen molar-refractivity contribution in [3.05, 3.63) is 47.8 Å². The van der Waals surface area contributed by atoms with Crippen molar-refractivity contribution in [3.63, 3.8) is 0 Å². The number of carbonyl (C=O) groups is 1. The van der Waals surface area contributed by atoms with Crippen LogP contribution < -0.4 is 19.1 Å². The van der Waals surface area contributed by atoms with E-state index in [1.54, 1.807) is 41.2 Å². The highest BCUT2D eigenvalue weighted by molar-refractivity contribution is 5.93. The second-order valence-electron chi connectivity index (χ2n) is 8.17. The first-order chi connectivity index (χ1) is 16.0. The van der Waals surface area contributed by atoms with Crippen molar-refractivity contribution >= 4 is 11.7 Å². The van der Waals surface area contributed by atoms with E-state index in [9.17, 15) is 14.3 Å². The molecule has 1 N–H and O–H groups in total. The summed E-state index contributed by atoms with van der Waals surface area (Å²) in [4.78, 5) is 16.6. The third-order valence-corrected chi connectivity index (χ3v) is 5.75. The predicted octanol–water partition coefficient (Wildman–Crippen LogP) is 4.46. The number of anilines is 1. The Labute approximate surface area is 194 Å². The number of ether oxygens (including phenoxy) is 3. The largest absolute Gasteiger partial charge is 0.496 e. The molecule has 0 saturated carbocycles. The molecule has 1 saturated heterocycles. The Morgan fingerprint density at radius 3 is 2.48 bits per heavy atom. The molecular weight excluding hydrogens is 427 g/mol. The van der Waals surface area contributed by atoms with Crippen LogP contribution in [0.4, 0.5) is 14.9 Å². The van der Waals surface area contributed by atoms with Gasteiger partial charge in [0.25, 0.3) is 0 Å². The molecule has 1 aliphatic heterocycles. The molecule has 1 heterocycles. The lowest BCUT2D eigenvalue weighted by Crippen LogP contribution is -2.54. The normalized spacial score (nSPS) is 16.2. The van der Waals surface area contributed by atoms with Crippen molar-refractivity contribution in [2.24, 2.45) is 5.92 Å². The topological polar surface area (TPSA) is 71.5 Å². The minimum absolute atomic E-state index is 0.0723. The van der Waals surface area contributed by atoms with Crippen LogP contribution in [0.1, 0.15) is 31.7 Å².